The molecule has 0 aliphatic carbocycles. The Kier molecular flexibility index (Phi) is 7.29. The molecular formula is C16H23NO4. The van der Waals surface area contributed by atoms with Gasteiger partial charge in [-0.25, -0.2) is 0 Å². The summed E-state index contributed by atoms with van der Waals surface area (Å²) in [6, 6.07) is 7.23. The minimum absolute atomic E-state index is 0.0646. The molecule has 0 fully saturated rings. The highest BCUT2D eigenvalue weighted by molar-refractivity contribution is 5.95. The summed E-state index contributed by atoms with van der Waals surface area (Å²) in [7, 11) is 0. The Bertz CT molecular complexity index is 473. The highest BCUT2D eigenvalue weighted by atomic mass is 16.5. The van der Waals surface area contributed by atoms with Crippen LogP contribution in [-0.2, 0) is 9.59 Å². The first-order valence-electron chi connectivity index (χ1n) is 7.34. The smallest absolute Gasteiger partial charge is 0.305 e. The van der Waals surface area contributed by atoms with Crippen molar-refractivity contribution in [2.45, 2.75) is 39.5 Å². The van der Waals surface area contributed by atoms with Crippen molar-refractivity contribution in [2.24, 2.45) is 0 Å². The zero-order valence-corrected chi connectivity index (χ0v) is 12.7. The average Bonchev–Trinajstić information content (AvgIpc) is 2.47. The number of nitrogens with zero attached hydrogens (tertiary/aromatic N) is 1. The molecule has 0 aliphatic heterocycles. The zero-order chi connectivity index (χ0) is 15.7. The SMILES string of the molecule is CCCCC(=O)N(CCC(=O)O)c1ccccc1OCC. The van der Waals surface area contributed by atoms with E-state index in [0.717, 1.165) is 12.8 Å². The molecule has 0 atom stereocenters. The fraction of sp³-hybridized carbons (Fsp3) is 0.500. The van der Waals surface area contributed by atoms with Crippen LogP contribution in [0.4, 0.5) is 5.69 Å². The van der Waals surface area contributed by atoms with E-state index in [1.54, 1.807) is 12.1 Å². The number of hydrogen-bond acceptors (Lipinski definition) is 3. The predicted molar refractivity (Wildman–Crippen MR) is 81.7 cm³/mol. The van der Waals surface area contributed by atoms with Gasteiger partial charge in [-0.05, 0) is 25.5 Å². The normalized spacial score (nSPS) is 10.2. The van der Waals surface area contributed by atoms with Gasteiger partial charge in [0.15, 0.2) is 0 Å². The predicted octanol–water partition coefficient (Wildman–Crippen LogP) is 3.08. The minimum Gasteiger partial charge on any atom is -0.492 e. The second kappa shape index (κ2) is 9.00. The summed E-state index contributed by atoms with van der Waals surface area (Å²) >= 11 is 0. The van der Waals surface area contributed by atoms with E-state index in [0.29, 0.717) is 24.5 Å². The first-order valence-corrected chi connectivity index (χ1v) is 7.34. The van der Waals surface area contributed by atoms with E-state index in [1.165, 1.54) is 4.90 Å². The molecule has 1 aromatic rings. The van der Waals surface area contributed by atoms with E-state index < -0.39 is 5.97 Å². The van der Waals surface area contributed by atoms with Crippen LogP contribution in [0.25, 0.3) is 0 Å². The fourth-order valence-electron chi connectivity index (χ4n) is 2.01. The van der Waals surface area contributed by atoms with Crippen LogP contribution in [0.2, 0.25) is 0 Å². The molecule has 1 aromatic carbocycles. The third-order valence-electron chi connectivity index (χ3n) is 3.05. The van der Waals surface area contributed by atoms with E-state index in [1.807, 2.05) is 26.0 Å². The van der Waals surface area contributed by atoms with Crippen molar-refractivity contribution < 1.29 is 19.4 Å². The third kappa shape index (κ3) is 5.45. The van der Waals surface area contributed by atoms with Crippen molar-refractivity contribution in [3.8, 4) is 5.75 Å². The number of carbonyl (C=O) groups is 2. The van der Waals surface area contributed by atoms with Crippen LogP contribution in [0.5, 0.6) is 5.75 Å². The summed E-state index contributed by atoms with van der Waals surface area (Å²) in [6.07, 6.45) is 2.04. The van der Waals surface area contributed by atoms with Gasteiger partial charge in [0, 0.05) is 13.0 Å². The van der Waals surface area contributed by atoms with Crippen molar-refractivity contribution in [3.05, 3.63) is 24.3 Å². The van der Waals surface area contributed by atoms with Crippen molar-refractivity contribution in [1.29, 1.82) is 0 Å². The average molecular weight is 293 g/mol. The molecule has 116 valence electrons. The van der Waals surface area contributed by atoms with Crippen LogP contribution in [0.15, 0.2) is 24.3 Å². The Balaban J connectivity index is 2.98. The molecule has 5 heteroatoms. The number of aliphatic carboxylic acids is 1. The van der Waals surface area contributed by atoms with Crippen molar-refractivity contribution in [1.82, 2.24) is 0 Å². The molecule has 1 N–H and O–H groups in total. The van der Waals surface area contributed by atoms with Gasteiger partial charge >= 0.3 is 5.97 Å². The summed E-state index contributed by atoms with van der Waals surface area (Å²) in [5.74, 6) is -0.377. The number of carboxylic acid groups (broad SMARTS) is 1. The summed E-state index contributed by atoms with van der Waals surface area (Å²) in [5, 5.41) is 8.87. The van der Waals surface area contributed by atoms with E-state index in [-0.39, 0.29) is 18.9 Å². The maximum Gasteiger partial charge on any atom is 0.305 e. The van der Waals surface area contributed by atoms with Gasteiger partial charge in [-0.1, -0.05) is 25.5 Å². The second-order valence-electron chi connectivity index (χ2n) is 4.69. The number of rotatable bonds is 9. The number of amides is 1. The molecule has 0 saturated heterocycles. The topological polar surface area (TPSA) is 66.8 Å². The monoisotopic (exact) mass is 293 g/mol. The zero-order valence-electron chi connectivity index (χ0n) is 12.7. The van der Waals surface area contributed by atoms with Crippen LogP contribution in [0, 0.1) is 0 Å². The minimum atomic E-state index is -0.919. The van der Waals surface area contributed by atoms with Crippen LogP contribution >= 0.6 is 0 Å². The number of benzene rings is 1. The molecule has 0 unspecified atom stereocenters. The van der Waals surface area contributed by atoms with Gasteiger partial charge in [-0.2, -0.15) is 0 Å². The second-order valence-corrected chi connectivity index (χ2v) is 4.69. The lowest BCUT2D eigenvalue weighted by molar-refractivity contribution is -0.136. The van der Waals surface area contributed by atoms with Gasteiger partial charge in [0.1, 0.15) is 5.75 Å². The highest BCUT2D eigenvalue weighted by Crippen LogP contribution is 2.29. The molecule has 21 heavy (non-hydrogen) atoms. The number of para-hydroxylation sites is 2. The van der Waals surface area contributed by atoms with Crippen LogP contribution < -0.4 is 9.64 Å². The highest BCUT2D eigenvalue weighted by Gasteiger charge is 2.19. The van der Waals surface area contributed by atoms with E-state index >= 15 is 0 Å². The molecule has 1 amide bonds. The largest absolute Gasteiger partial charge is 0.492 e. The Morgan fingerprint density at radius 3 is 2.52 bits per heavy atom. The van der Waals surface area contributed by atoms with Gasteiger partial charge in [-0.15, -0.1) is 0 Å². The molecule has 0 saturated carbocycles. The Morgan fingerprint density at radius 2 is 1.90 bits per heavy atom. The summed E-state index contributed by atoms with van der Waals surface area (Å²) < 4.78 is 5.54. The Labute approximate surface area is 125 Å². The number of unbranched alkanes of at least 4 members (excludes halogenated alkanes) is 1. The first-order chi connectivity index (χ1) is 10.1. The lowest BCUT2D eigenvalue weighted by Gasteiger charge is -2.24. The fourth-order valence-corrected chi connectivity index (χ4v) is 2.01. The molecule has 1 rings (SSSR count). The molecule has 0 heterocycles. The van der Waals surface area contributed by atoms with Crippen molar-refractivity contribution in [2.75, 3.05) is 18.1 Å². The molecule has 0 bridgehead atoms. The quantitative estimate of drug-likeness (QED) is 0.759. The number of hydrogen-bond donors (Lipinski definition) is 1. The maximum atomic E-state index is 12.3. The van der Waals surface area contributed by atoms with Crippen LogP contribution in [0.3, 0.4) is 0 Å². The molecule has 0 spiro atoms. The molecule has 0 aliphatic rings. The molecule has 0 radical (unpaired) electrons. The van der Waals surface area contributed by atoms with Gasteiger partial charge in [0.05, 0.1) is 18.7 Å². The van der Waals surface area contributed by atoms with Crippen molar-refractivity contribution >= 4 is 17.6 Å². The molecular weight excluding hydrogens is 270 g/mol. The maximum absolute atomic E-state index is 12.3. The number of carboxylic acids is 1. The molecule has 0 aromatic heterocycles. The van der Waals surface area contributed by atoms with Gasteiger partial charge in [0.25, 0.3) is 0 Å². The van der Waals surface area contributed by atoms with Gasteiger partial charge in [0.2, 0.25) is 5.91 Å². The van der Waals surface area contributed by atoms with E-state index in [2.05, 4.69) is 0 Å². The lowest BCUT2D eigenvalue weighted by Crippen LogP contribution is -2.33. The Hall–Kier alpha value is -2.04. The first kappa shape index (κ1) is 17.0. The summed E-state index contributed by atoms with van der Waals surface area (Å²) in [4.78, 5) is 24.7. The Morgan fingerprint density at radius 1 is 1.19 bits per heavy atom. The number of ether oxygens (including phenoxy) is 1. The van der Waals surface area contributed by atoms with Crippen LogP contribution in [-0.4, -0.2) is 30.1 Å². The summed E-state index contributed by atoms with van der Waals surface area (Å²) in [6.45, 7) is 4.54. The lowest BCUT2D eigenvalue weighted by atomic mass is 10.2. The number of carbonyl (C=O) groups excluding carboxylic acids is 1. The number of anilines is 1. The third-order valence-corrected chi connectivity index (χ3v) is 3.05. The van der Waals surface area contributed by atoms with E-state index in [4.69, 9.17) is 9.84 Å². The van der Waals surface area contributed by atoms with Gasteiger partial charge in [-0.3, -0.25) is 9.59 Å². The van der Waals surface area contributed by atoms with E-state index in [9.17, 15) is 9.59 Å². The van der Waals surface area contributed by atoms with Gasteiger partial charge < -0.3 is 14.7 Å². The van der Waals surface area contributed by atoms with Crippen LogP contribution in [0.1, 0.15) is 39.5 Å². The summed E-state index contributed by atoms with van der Waals surface area (Å²) in [5.41, 5.74) is 0.640. The van der Waals surface area contributed by atoms with Crippen molar-refractivity contribution in [3.63, 3.8) is 0 Å². The molecule has 5 nitrogen and oxygen atoms in total. The standard InChI is InChI=1S/C16H23NO4/c1-3-5-10-15(18)17(12-11-16(19)20)13-8-6-7-9-14(13)21-4-2/h6-9H,3-5,10-12H2,1-2H3,(H,19,20).